The maximum absolute atomic E-state index is 14.0. The van der Waals surface area contributed by atoms with Crippen LogP contribution in [-0.2, 0) is 26.2 Å². The van der Waals surface area contributed by atoms with Gasteiger partial charge in [0.25, 0.3) is 10.0 Å². The van der Waals surface area contributed by atoms with Crippen LogP contribution in [-0.4, -0.2) is 50.4 Å². The zero-order chi connectivity index (χ0) is 30.3. The molecule has 0 radical (unpaired) electrons. The monoisotopic (exact) mass is 683 g/mol. The number of amides is 2. The number of hydrogen-bond donors (Lipinski definition) is 1. The van der Waals surface area contributed by atoms with E-state index in [-0.39, 0.29) is 29.1 Å². The highest BCUT2D eigenvalue weighted by Crippen LogP contribution is 2.28. The van der Waals surface area contributed by atoms with E-state index in [1.807, 2.05) is 20.8 Å². The summed E-state index contributed by atoms with van der Waals surface area (Å²) in [4.78, 5) is 28.3. The lowest BCUT2D eigenvalue weighted by Crippen LogP contribution is -2.52. The summed E-state index contributed by atoms with van der Waals surface area (Å²) in [7, 11) is -4.19. The lowest BCUT2D eigenvalue weighted by atomic mass is 10.1. The fourth-order valence-corrected chi connectivity index (χ4v) is 5.96. The van der Waals surface area contributed by atoms with Crippen molar-refractivity contribution in [1.82, 2.24) is 10.2 Å². The van der Waals surface area contributed by atoms with Gasteiger partial charge in [-0.05, 0) is 93.9 Å². The van der Waals surface area contributed by atoms with Crippen molar-refractivity contribution < 1.29 is 22.7 Å². The average Bonchev–Trinajstić information content (AvgIpc) is 2.92. The van der Waals surface area contributed by atoms with Crippen molar-refractivity contribution in [2.75, 3.05) is 17.5 Å². The van der Waals surface area contributed by atoms with Crippen LogP contribution in [0.5, 0.6) is 5.75 Å². The van der Waals surface area contributed by atoms with Crippen LogP contribution in [0.1, 0.15) is 33.3 Å². The molecule has 0 heterocycles. The highest BCUT2D eigenvalue weighted by atomic mass is 79.9. The summed E-state index contributed by atoms with van der Waals surface area (Å²) in [5.74, 6) is -0.405. The van der Waals surface area contributed by atoms with Crippen LogP contribution in [0.25, 0.3) is 0 Å². The zero-order valence-electron chi connectivity index (χ0n) is 23.1. The van der Waals surface area contributed by atoms with Crippen LogP contribution in [0.4, 0.5) is 5.69 Å². The number of rotatable bonds is 12. The van der Waals surface area contributed by atoms with Crippen LogP contribution in [0.15, 0.2) is 76.1 Å². The van der Waals surface area contributed by atoms with Crippen LogP contribution >= 0.6 is 39.1 Å². The van der Waals surface area contributed by atoms with Gasteiger partial charge < -0.3 is 15.0 Å². The molecule has 0 aliphatic rings. The first-order valence-electron chi connectivity index (χ1n) is 12.9. The van der Waals surface area contributed by atoms with E-state index in [1.54, 1.807) is 61.5 Å². The summed E-state index contributed by atoms with van der Waals surface area (Å²) in [5.41, 5.74) is 0.888. The lowest BCUT2D eigenvalue weighted by Gasteiger charge is -2.32. The SMILES string of the molecule is CCOc1ccc(N(CC(=O)N(Cc2ccc(Cl)c(Cl)c2)[C@@H](C)C(=O)NC(C)C)S(=O)(=O)c2ccc(Br)cc2)cc1. The van der Waals surface area contributed by atoms with E-state index in [4.69, 9.17) is 27.9 Å². The molecule has 3 aromatic carbocycles. The molecule has 0 aliphatic heterocycles. The Morgan fingerprint density at radius 3 is 2.15 bits per heavy atom. The molecule has 1 N–H and O–H groups in total. The van der Waals surface area contributed by atoms with E-state index in [0.717, 1.165) is 4.31 Å². The minimum absolute atomic E-state index is 0.00213. The third kappa shape index (κ3) is 8.61. The van der Waals surface area contributed by atoms with Gasteiger partial charge in [-0.2, -0.15) is 0 Å². The molecule has 8 nitrogen and oxygen atoms in total. The van der Waals surface area contributed by atoms with E-state index >= 15 is 0 Å². The number of carbonyl (C=O) groups is 2. The molecule has 220 valence electrons. The first-order valence-corrected chi connectivity index (χ1v) is 15.9. The van der Waals surface area contributed by atoms with Crippen molar-refractivity contribution in [3.63, 3.8) is 0 Å². The Morgan fingerprint density at radius 2 is 1.59 bits per heavy atom. The predicted molar refractivity (Wildman–Crippen MR) is 166 cm³/mol. The first kappa shape index (κ1) is 32.7. The zero-order valence-corrected chi connectivity index (χ0v) is 27.0. The standard InChI is InChI=1S/C29H32BrCl2N3O5S/c1-5-40-24-11-9-23(10-12-24)35(41(38,39)25-13-7-22(30)8-14-25)18-28(36)34(20(4)29(37)33-19(2)3)17-21-6-15-26(31)27(32)16-21/h6-16,19-20H,5,17-18H2,1-4H3,(H,33,37)/t20-/m0/s1. The first-order chi connectivity index (χ1) is 19.3. The maximum Gasteiger partial charge on any atom is 0.264 e. The second-order valence-corrected chi connectivity index (χ2v) is 13.1. The molecule has 41 heavy (non-hydrogen) atoms. The molecule has 0 saturated carbocycles. The molecule has 0 fully saturated rings. The van der Waals surface area contributed by atoms with Gasteiger partial charge in [0, 0.05) is 17.1 Å². The number of anilines is 1. The Kier molecular flexibility index (Phi) is 11.5. The smallest absolute Gasteiger partial charge is 0.264 e. The molecule has 1 atom stereocenters. The van der Waals surface area contributed by atoms with Crippen molar-refractivity contribution in [1.29, 1.82) is 0 Å². The van der Waals surface area contributed by atoms with Crippen molar-refractivity contribution in [2.24, 2.45) is 0 Å². The van der Waals surface area contributed by atoms with Crippen LogP contribution < -0.4 is 14.4 Å². The molecule has 0 aliphatic carbocycles. The van der Waals surface area contributed by atoms with Crippen molar-refractivity contribution in [3.05, 3.63) is 86.8 Å². The number of hydrogen-bond acceptors (Lipinski definition) is 5. The third-order valence-corrected chi connectivity index (χ3v) is 9.11. The van der Waals surface area contributed by atoms with E-state index in [2.05, 4.69) is 21.2 Å². The number of benzene rings is 3. The number of nitrogens with one attached hydrogen (secondary N) is 1. The van der Waals surface area contributed by atoms with Crippen LogP contribution in [0.2, 0.25) is 10.0 Å². The number of halogens is 3. The third-order valence-electron chi connectivity index (χ3n) is 6.05. The summed E-state index contributed by atoms with van der Waals surface area (Å²) < 4.78 is 35.0. The highest BCUT2D eigenvalue weighted by Gasteiger charge is 2.32. The highest BCUT2D eigenvalue weighted by molar-refractivity contribution is 9.10. The molecule has 0 saturated heterocycles. The van der Waals surface area contributed by atoms with Gasteiger partial charge >= 0.3 is 0 Å². The normalized spacial score (nSPS) is 12.1. The maximum atomic E-state index is 14.0. The second-order valence-electron chi connectivity index (χ2n) is 9.50. The molecule has 0 spiro atoms. The van der Waals surface area contributed by atoms with E-state index in [0.29, 0.717) is 32.4 Å². The van der Waals surface area contributed by atoms with Crippen molar-refractivity contribution in [3.8, 4) is 5.75 Å². The summed E-state index contributed by atoms with van der Waals surface area (Å²) in [6.45, 7) is 6.94. The average molecular weight is 685 g/mol. The fourth-order valence-electron chi connectivity index (χ4n) is 3.96. The van der Waals surface area contributed by atoms with Crippen LogP contribution in [0.3, 0.4) is 0 Å². The molecule has 3 rings (SSSR count). The minimum atomic E-state index is -4.19. The number of nitrogens with zero attached hydrogens (tertiary/aromatic N) is 2. The molecule has 12 heteroatoms. The Balaban J connectivity index is 2.04. The molecular weight excluding hydrogens is 653 g/mol. The molecule has 2 amide bonds. The summed E-state index contributed by atoms with van der Waals surface area (Å²) >= 11 is 15.6. The predicted octanol–water partition coefficient (Wildman–Crippen LogP) is 6.29. The molecule has 0 unspecified atom stereocenters. The van der Waals surface area contributed by atoms with Gasteiger partial charge in [-0.25, -0.2) is 8.42 Å². The van der Waals surface area contributed by atoms with Gasteiger partial charge in [0.2, 0.25) is 11.8 Å². The molecule has 0 aromatic heterocycles. The van der Waals surface area contributed by atoms with Crippen LogP contribution in [0, 0.1) is 0 Å². The van der Waals surface area contributed by atoms with Gasteiger partial charge in [0.05, 0.1) is 27.2 Å². The van der Waals surface area contributed by atoms with Gasteiger partial charge in [0.15, 0.2) is 0 Å². The van der Waals surface area contributed by atoms with Gasteiger partial charge in [-0.1, -0.05) is 45.2 Å². The molecule has 0 bridgehead atoms. The van der Waals surface area contributed by atoms with E-state index in [9.17, 15) is 18.0 Å². The molecular formula is C29H32BrCl2N3O5S. The van der Waals surface area contributed by atoms with Gasteiger partial charge in [0.1, 0.15) is 18.3 Å². The van der Waals surface area contributed by atoms with E-state index in [1.165, 1.54) is 17.0 Å². The summed E-state index contributed by atoms with van der Waals surface area (Å²) in [6, 6.07) is 16.4. The topological polar surface area (TPSA) is 96.0 Å². The number of carbonyl (C=O) groups excluding carboxylic acids is 2. The Hall–Kier alpha value is -2.79. The summed E-state index contributed by atoms with van der Waals surface area (Å²) in [6.07, 6.45) is 0. The second kappa shape index (κ2) is 14.4. The quantitative estimate of drug-likeness (QED) is 0.242. The fraction of sp³-hybridized carbons (Fsp3) is 0.310. The Morgan fingerprint density at radius 1 is 0.951 bits per heavy atom. The number of sulfonamides is 1. The van der Waals surface area contributed by atoms with Gasteiger partial charge in [-0.3, -0.25) is 13.9 Å². The number of ether oxygens (including phenoxy) is 1. The molecule has 3 aromatic rings. The largest absolute Gasteiger partial charge is 0.494 e. The van der Waals surface area contributed by atoms with Gasteiger partial charge in [-0.15, -0.1) is 0 Å². The Labute approximate surface area is 259 Å². The van der Waals surface area contributed by atoms with Crippen molar-refractivity contribution >= 4 is 66.7 Å². The van der Waals surface area contributed by atoms with E-state index < -0.39 is 28.5 Å². The van der Waals surface area contributed by atoms with Crippen molar-refractivity contribution in [2.45, 2.75) is 51.2 Å². The summed E-state index contributed by atoms with van der Waals surface area (Å²) in [5, 5.41) is 3.46. The minimum Gasteiger partial charge on any atom is -0.494 e. The lowest BCUT2D eigenvalue weighted by molar-refractivity contribution is -0.139. The Bertz CT molecular complexity index is 1470.